The number of anilines is 1. The Morgan fingerprint density at radius 2 is 1.20 bits per heavy atom. The number of amides is 1. The average Bonchev–Trinajstić information content (AvgIpc) is 3.55. The molecule has 2 aromatic heterocycles. The van der Waals surface area contributed by atoms with Crippen molar-refractivity contribution in [1.29, 1.82) is 0 Å². The first kappa shape index (κ1) is 54.0. The van der Waals surface area contributed by atoms with Crippen molar-refractivity contribution in [2.45, 2.75) is 75.5 Å². The van der Waals surface area contributed by atoms with Gasteiger partial charge in [-0.3, -0.25) is 9.36 Å². The van der Waals surface area contributed by atoms with Gasteiger partial charge in [-0.05, 0) is 18.1 Å². The average molecular weight is 935 g/mol. The highest BCUT2D eigenvalue weighted by Gasteiger charge is 2.75. The summed E-state index contributed by atoms with van der Waals surface area (Å²) in [5.74, 6) is -0.0799. The van der Waals surface area contributed by atoms with Crippen molar-refractivity contribution in [1.82, 2.24) is 24.8 Å². The zero-order chi connectivity index (χ0) is 46.1. The van der Waals surface area contributed by atoms with Crippen LogP contribution in [0.3, 0.4) is 0 Å². The number of ether oxygens (including phenoxy) is 12. The molecule has 2 unspecified atom stereocenters. The molecule has 2 aliphatic rings. The molecule has 0 radical (unpaired) electrons. The number of rotatable bonds is 38. The molecule has 368 valence electrons. The predicted molar refractivity (Wildman–Crippen MR) is 237 cm³/mol. The van der Waals surface area contributed by atoms with Gasteiger partial charge in [0.25, 0.3) is 0 Å². The molecule has 0 bridgehead atoms. The lowest BCUT2D eigenvalue weighted by atomic mass is 10.1. The van der Waals surface area contributed by atoms with Crippen LogP contribution in [0.2, 0.25) is 18.1 Å². The van der Waals surface area contributed by atoms with Crippen LogP contribution in [-0.4, -0.2) is 215 Å². The maximum atomic E-state index is 13.0. The minimum absolute atomic E-state index is 0.109. The second-order valence-corrected chi connectivity index (χ2v) is 21.4. The fraction of sp³-hybridized carbons (Fsp3) is 0.854. The number of nitrogens with one attached hydrogen (secondary N) is 1. The third kappa shape index (κ3) is 18.3. The molecule has 3 heterocycles. The fourth-order valence-corrected chi connectivity index (χ4v) is 7.57. The van der Waals surface area contributed by atoms with Crippen LogP contribution < -0.4 is 16.8 Å². The summed E-state index contributed by atoms with van der Waals surface area (Å²) >= 11 is 0. The number of hydrogen-bond acceptors (Lipinski definition) is 19. The van der Waals surface area contributed by atoms with E-state index in [0.29, 0.717) is 156 Å². The smallest absolute Gasteiger partial charge is 0.246 e. The quantitative estimate of drug-likeness (QED) is 0.0461. The number of hydrogen-bond donors (Lipinski definition) is 3. The van der Waals surface area contributed by atoms with Crippen LogP contribution in [0.25, 0.3) is 11.2 Å². The Labute approximate surface area is 377 Å². The topological polar surface area (TPSA) is 268 Å². The van der Waals surface area contributed by atoms with E-state index in [2.05, 4.69) is 54.1 Å². The second-order valence-electron chi connectivity index (χ2n) is 16.6. The number of nitrogens with zero attached hydrogens (tertiary/aromatic N) is 4. The third-order valence-electron chi connectivity index (χ3n) is 10.8. The molecule has 1 aliphatic carbocycles. The van der Waals surface area contributed by atoms with Crippen molar-refractivity contribution in [3.05, 3.63) is 12.7 Å². The number of nitrogen functional groups attached to an aromatic ring is 1. The van der Waals surface area contributed by atoms with E-state index in [0.717, 1.165) is 0 Å². The van der Waals surface area contributed by atoms with E-state index in [9.17, 15) is 4.79 Å². The molecule has 5 atom stereocenters. The van der Waals surface area contributed by atoms with Gasteiger partial charge in [0, 0.05) is 13.1 Å². The first-order valence-corrected chi connectivity index (χ1v) is 25.2. The number of nitrogens with two attached hydrogens (primary N) is 2. The van der Waals surface area contributed by atoms with E-state index in [1.54, 1.807) is 10.9 Å². The molecule has 22 nitrogen and oxygen atoms in total. The van der Waals surface area contributed by atoms with Gasteiger partial charge in [-0.15, -0.1) is 0 Å². The molecule has 1 amide bonds. The van der Waals surface area contributed by atoms with Crippen LogP contribution in [0.15, 0.2) is 12.7 Å². The Balaban J connectivity index is 0.954. The second kappa shape index (κ2) is 29.2. The Hall–Kier alpha value is -2.56. The van der Waals surface area contributed by atoms with Crippen molar-refractivity contribution in [2.75, 3.05) is 158 Å². The molecule has 64 heavy (non-hydrogen) atoms. The van der Waals surface area contributed by atoms with Crippen molar-refractivity contribution in [2.24, 2.45) is 5.73 Å². The minimum atomic E-state index is -2.36. The molecule has 1 saturated heterocycles. The van der Waals surface area contributed by atoms with Crippen molar-refractivity contribution >= 4 is 31.2 Å². The summed E-state index contributed by atoms with van der Waals surface area (Å²) in [6, 6.07) is 0. The summed E-state index contributed by atoms with van der Waals surface area (Å²) < 4.78 is 76.4. The van der Waals surface area contributed by atoms with E-state index in [4.69, 9.17) is 77.8 Å². The molecule has 23 heteroatoms. The fourth-order valence-electron chi connectivity index (χ4n) is 6.24. The van der Waals surface area contributed by atoms with E-state index in [-0.39, 0.29) is 29.9 Å². The van der Waals surface area contributed by atoms with Gasteiger partial charge in [-0.25, -0.2) is 15.0 Å². The van der Waals surface area contributed by atoms with Gasteiger partial charge in [-0.1, -0.05) is 20.8 Å². The molecule has 1 saturated carbocycles. The molecular formula is C41H76N7O15Si+. The molecule has 0 aromatic carbocycles. The Bertz CT molecular complexity index is 1580. The first-order chi connectivity index (χ1) is 30.9. The predicted octanol–water partition coefficient (Wildman–Crippen LogP) is 0.190. The molecule has 2 aromatic rings. The summed E-state index contributed by atoms with van der Waals surface area (Å²) in [5.41, 5.74) is 11.4. The summed E-state index contributed by atoms with van der Waals surface area (Å²) in [6.45, 7) is 20.7. The van der Waals surface area contributed by atoms with Gasteiger partial charge in [0.05, 0.1) is 145 Å². The molecule has 1 aliphatic heterocycles. The van der Waals surface area contributed by atoms with Gasteiger partial charge in [-0.2, -0.15) is 0 Å². The SMILES string of the molecule is CC(C)(C)[Si](C)(C)O[C@H]1[C@@H](OCC(=O)NCCOCCOCCOCCOCCOCCOCCOCCOCCOCCOCCN)[C@H](n2cnc3c(N)ncnc32)OC12CC2[OH2+]. The van der Waals surface area contributed by atoms with E-state index in [1.807, 2.05) is 0 Å². The largest absolute Gasteiger partial charge is 0.441 e. The highest BCUT2D eigenvalue weighted by atomic mass is 28.4. The summed E-state index contributed by atoms with van der Waals surface area (Å²) in [7, 11) is -2.36. The normalized spacial score (nSPS) is 21.1. The zero-order valence-electron chi connectivity index (χ0n) is 38.6. The maximum absolute atomic E-state index is 13.0. The van der Waals surface area contributed by atoms with Crippen LogP contribution in [0.4, 0.5) is 5.82 Å². The molecule has 1 spiro atoms. The Morgan fingerprint density at radius 1 is 0.766 bits per heavy atom. The van der Waals surface area contributed by atoms with E-state index >= 15 is 0 Å². The standard InChI is InChI=1S/C41H75N7O15Si/c1-40(2,3)64(4,5)63-36-35(39(62-41(36)28-32(41)49)48-31-47-34-37(43)45-30-46-38(34)48)61-29-33(50)44-7-9-52-11-13-54-15-17-56-19-21-58-23-25-60-27-26-59-24-22-57-20-18-55-16-14-53-12-10-51-8-6-42/h30-32,35-36,39,49H,6-29,42H2,1-5H3,(H,44,50)(H2,43,45,46)/p+1/t32?,35-,36+,39-,41?/m1/s1. The van der Waals surface area contributed by atoms with Crippen LogP contribution in [0.1, 0.15) is 33.4 Å². The van der Waals surface area contributed by atoms with Gasteiger partial charge in [0.2, 0.25) is 5.91 Å². The van der Waals surface area contributed by atoms with Crippen molar-refractivity contribution in [3.63, 3.8) is 0 Å². The Morgan fingerprint density at radius 3 is 1.62 bits per heavy atom. The summed E-state index contributed by atoms with van der Waals surface area (Å²) in [6.07, 6.45) is 0.858. The molecule has 4 rings (SSSR count). The van der Waals surface area contributed by atoms with Crippen LogP contribution in [0.5, 0.6) is 0 Å². The van der Waals surface area contributed by atoms with Gasteiger partial charge in [0.15, 0.2) is 37.7 Å². The monoisotopic (exact) mass is 935 g/mol. The lowest BCUT2D eigenvalue weighted by Crippen LogP contribution is -2.51. The maximum Gasteiger partial charge on any atom is 0.246 e. The molecular weight excluding hydrogens is 859 g/mol. The van der Waals surface area contributed by atoms with Crippen molar-refractivity contribution < 1.29 is 71.2 Å². The Kier molecular flexibility index (Phi) is 24.7. The third-order valence-corrected chi connectivity index (χ3v) is 15.3. The summed E-state index contributed by atoms with van der Waals surface area (Å²) in [5, 5.41) is 11.4. The number of aromatic nitrogens is 4. The van der Waals surface area contributed by atoms with Gasteiger partial charge >= 0.3 is 0 Å². The lowest BCUT2D eigenvalue weighted by molar-refractivity contribution is -0.132. The van der Waals surface area contributed by atoms with Crippen LogP contribution >= 0.6 is 0 Å². The molecule has 7 N–H and O–H groups in total. The first-order valence-electron chi connectivity index (χ1n) is 22.3. The lowest BCUT2D eigenvalue weighted by Gasteiger charge is -2.40. The van der Waals surface area contributed by atoms with Gasteiger partial charge in [0.1, 0.15) is 30.7 Å². The number of imidazole rings is 1. The van der Waals surface area contributed by atoms with Crippen LogP contribution in [0, 0.1) is 0 Å². The summed E-state index contributed by atoms with van der Waals surface area (Å²) in [4.78, 5) is 25.8. The number of fused-ring (bicyclic) bond motifs is 1. The van der Waals surface area contributed by atoms with E-state index in [1.165, 1.54) is 6.33 Å². The zero-order valence-corrected chi connectivity index (χ0v) is 39.6. The van der Waals surface area contributed by atoms with E-state index < -0.39 is 38.5 Å². The highest BCUT2D eigenvalue weighted by molar-refractivity contribution is 6.74. The van der Waals surface area contributed by atoms with Crippen molar-refractivity contribution in [3.8, 4) is 0 Å². The number of carbonyl (C=O) groups is 1. The molecule has 2 fully saturated rings. The highest BCUT2D eigenvalue weighted by Crippen LogP contribution is 2.57. The minimum Gasteiger partial charge on any atom is -0.441 e. The number of carbonyl (C=O) groups excluding carboxylic acids is 1. The van der Waals surface area contributed by atoms with Gasteiger partial charge < -0.3 is 83.2 Å². The van der Waals surface area contributed by atoms with Crippen LogP contribution in [-0.2, 0) is 66.1 Å².